The van der Waals surface area contributed by atoms with Gasteiger partial charge in [-0.25, -0.2) is 18.1 Å². The summed E-state index contributed by atoms with van der Waals surface area (Å²) in [5.74, 6) is 0.444. The number of nitrogens with one attached hydrogen (secondary N) is 1. The minimum absolute atomic E-state index is 0.0312. The van der Waals surface area contributed by atoms with Crippen LogP contribution in [0.1, 0.15) is 17.0 Å². The van der Waals surface area contributed by atoms with Gasteiger partial charge >= 0.3 is 0 Å². The molecule has 0 aliphatic heterocycles. The van der Waals surface area contributed by atoms with Gasteiger partial charge in [0, 0.05) is 18.8 Å². The van der Waals surface area contributed by atoms with E-state index in [-0.39, 0.29) is 11.6 Å². The summed E-state index contributed by atoms with van der Waals surface area (Å²) in [7, 11) is -3.66. The fraction of sp³-hybridized carbons (Fsp3) is 0.273. The minimum atomic E-state index is -3.66. The van der Waals surface area contributed by atoms with Gasteiger partial charge in [-0.05, 0) is 18.6 Å². The van der Waals surface area contributed by atoms with Gasteiger partial charge in [0.2, 0.25) is 0 Å². The summed E-state index contributed by atoms with van der Waals surface area (Å²) < 4.78 is 31.2. The van der Waals surface area contributed by atoms with Gasteiger partial charge in [-0.2, -0.15) is 0 Å². The van der Waals surface area contributed by atoms with Gasteiger partial charge in [0.15, 0.2) is 10.8 Å². The second-order valence-corrected chi connectivity index (χ2v) is 5.68. The molecule has 0 fully saturated rings. The van der Waals surface area contributed by atoms with Crippen molar-refractivity contribution in [2.45, 2.75) is 25.0 Å². The molecule has 0 aliphatic rings. The number of rotatable bonds is 5. The second kappa shape index (κ2) is 5.47. The van der Waals surface area contributed by atoms with E-state index in [0.717, 1.165) is 5.56 Å². The van der Waals surface area contributed by atoms with Crippen molar-refractivity contribution in [1.29, 1.82) is 0 Å². The Hall–Kier alpha value is -1.77. The third kappa shape index (κ3) is 3.37. The predicted molar refractivity (Wildman–Crippen MR) is 67.4 cm³/mol. The molecular formula is C11H14N4O3S. The molecule has 0 radical (unpaired) electrons. The van der Waals surface area contributed by atoms with Crippen molar-refractivity contribution in [3.63, 3.8) is 0 Å². The van der Waals surface area contributed by atoms with Crippen LogP contribution in [-0.2, 0) is 23.1 Å². The first-order valence-electron chi connectivity index (χ1n) is 5.58. The Morgan fingerprint density at radius 2 is 2.21 bits per heavy atom. The molecule has 0 aromatic carbocycles. The normalized spacial score (nSPS) is 11.7. The molecule has 0 bridgehead atoms. The van der Waals surface area contributed by atoms with Crippen LogP contribution < -0.4 is 10.5 Å². The number of aromatic nitrogens is 2. The Labute approximate surface area is 110 Å². The molecule has 0 saturated heterocycles. The maximum Gasteiger partial charge on any atom is 0.258 e. The van der Waals surface area contributed by atoms with Gasteiger partial charge in [0.1, 0.15) is 0 Å². The van der Waals surface area contributed by atoms with E-state index in [9.17, 15) is 8.42 Å². The first-order chi connectivity index (χ1) is 9.01. The van der Waals surface area contributed by atoms with Crippen molar-refractivity contribution in [2.75, 3.05) is 0 Å². The third-order valence-electron chi connectivity index (χ3n) is 2.42. The highest BCUT2D eigenvalue weighted by atomic mass is 32.2. The van der Waals surface area contributed by atoms with Gasteiger partial charge in [0.25, 0.3) is 10.0 Å². The van der Waals surface area contributed by atoms with Crippen molar-refractivity contribution in [3.05, 3.63) is 41.4 Å². The van der Waals surface area contributed by atoms with Crippen molar-refractivity contribution < 1.29 is 12.9 Å². The van der Waals surface area contributed by atoms with E-state index in [1.165, 1.54) is 12.3 Å². The zero-order valence-corrected chi connectivity index (χ0v) is 11.1. The molecule has 0 spiro atoms. The van der Waals surface area contributed by atoms with Crippen LogP contribution in [0.2, 0.25) is 0 Å². The molecule has 0 unspecified atom stereocenters. The Bertz CT molecular complexity index is 649. The number of hydrogen-bond acceptors (Lipinski definition) is 6. The summed E-state index contributed by atoms with van der Waals surface area (Å²) in [6.07, 6.45) is 1.44. The molecule has 7 nitrogen and oxygen atoms in total. The molecule has 19 heavy (non-hydrogen) atoms. The van der Waals surface area contributed by atoms with Crippen molar-refractivity contribution in [2.24, 2.45) is 5.73 Å². The average molecular weight is 282 g/mol. The quantitative estimate of drug-likeness (QED) is 0.816. The molecule has 0 saturated carbocycles. The van der Waals surface area contributed by atoms with Crippen LogP contribution in [0.4, 0.5) is 0 Å². The van der Waals surface area contributed by atoms with Crippen LogP contribution in [0.15, 0.2) is 33.9 Å². The van der Waals surface area contributed by atoms with E-state index in [1.807, 2.05) is 0 Å². The second-order valence-electron chi connectivity index (χ2n) is 3.97. The first kappa shape index (κ1) is 13.7. The highest BCUT2D eigenvalue weighted by Gasteiger charge is 2.16. The smallest absolute Gasteiger partial charge is 0.258 e. The molecule has 2 aromatic rings. The summed E-state index contributed by atoms with van der Waals surface area (Å²) >= 11 is 0. The molecule has 2 heterocycles. The fourth-order valence-corrected chi connectivity index (χ4v) is 2.35. The van der Waals surface area contributed by atoms with Crippen LogP contribution >= 0.6 is 0 Å². The summed E-state index contributed by atoms with van der Waals surface area (Å²) in [5, 5.41) is 3.62. The Morgan fingerprint density at radius 1 is 1.42 bits per heavy atom. The van der Waals surface area contributed by atoms with Crippen LogP contribution in [0.25, 0.3) is 0 Å². The number of sulfonamides is 1. The van der Waals surface area contributed by atoms with Gasteiger partial charge < -0.3 is 10.3 Å². The molecule has 2 rings (SSSR count). The van der Waals surface area contributed by atoms with Crippen molar-refractivity contribution in [1.82, 2.24) is 14.9 Å². The maximum atomic E-state index is 11.9. The average Bonchev–Trinajstić information content (AvgIpc) is 2.82. The molecule has 0 amide bonds. The molecule has 0 atom stereocenters. The lowest BCUT2D eigenvalue weighted by Gasteiger charge is -2.04. The number of nitrogens with zero attached hydrogens (tertiary/aromatic N) is 2. The highest BCUT2D eigenvalue weighted by Crippen LogP contribution is 2.08. The van der Waals surface area contributed by atoms with E-state index < -0.39 is 10.0 Å². The molecule has 0 aliphatic carbocycles. The Balaban J connectivity index is 2.09. The van der Waals surface area contributed by atoms with Crippen LogP contribution in [-0.4, -0.2) is 18.6 Å². The van der Waals surface area contributed by atoms with Crippen molar-refractivity contribution in [3.8, 4) is 0 Å². The molecule has 3 N–H and O–H groups in total. The molecule has 2 aromatic heterocycles. The summed E-state index contributed by atoms with van der Waals surface area (Å²) in [6.45, 7) is 2.11. The van der Waals surface area contributed by atoms with E-state index in [4.69, 9.17) is 10.3 Å². The number of aryl methyl sites for hydroxylation is 1. The lowest BCUT2D eigenvalue weighted by Crippen LogP contribution is -2.24. The van der Waals surface area contributed by atoms with E-state index >= 15 is 0 Å². The zero-order chi connectivity index (χ0) is 13.9. The fourth-order valence-electron chi connectivity index (χ4n) is 1.43. The van der Waals surface area contributed by atoms with Gasteiger partial charge in [0.05, 0.1) is 12.2 Å². The summed E-state index contributed by atoms with van der Waals surface area (Å²) in [4.78, 5) is 3.86. The van der Waals surface area contributed by atoms with Gasteiger partial charge in [-0.15, -0.1) is 0 Å². The lowest BCUT2D eigenvalue weighted by molar-refractivity contribution is 0.377. The summed E-state index contributed by atoms with van der Waals surface area (Å²) in [6, 6.07) is 4.70. The number of hydrogen-bond donors (Lipinski definition) is 2. The SMILES string of the molecule is Cc1cc(CNS(=O)(=O)c2ccc(CN)cn2)on1. The van der Waals surface area contributed by atoms with E-state index in [0.29, 0.717) is 18.0 Å². The van der Waals surface area contributed by atoms with Gasteiger partial charge in [-0.1, -0.05) is 11.2 Å². The molecule has 102 valence electrons. The number of pyridine rings is 1. The van der Waals surface area contributed by atoms with E-state index in [2.05, 4.69) is 14.9 Å². The highest BCUT2D eigenvalue weighted by molar-refractivity contribution is 7.89. The number of nitrogens with two attached hydrogens (primary N) is 1. The monoisotopic (exact) mass is 282 g/mol. The summed E-state index contributed by atoms with van der Waals surface area (Å²) in [5.41, 5.74) is 6.88. The maximum absolute atomic E-state index is 11.9. The Morgan fingerprint density at radius 3 is 2.74 bits per heavy atom. The third-order valence-corrected chi connectivity index (χ3v) is 3.74. The van der Waals surface area contributed by atoms with Crippen LogP contribution in [0, 0.1) is 6.92 Å². The van der Waals surface area contributed by atoms with E-state index in [1.54, 1.807) is 19.1 Å². The standard InChI is InChI=1S/C11H14N4O3S/c1-8-4-10(18-15-8)7-14-19(16,17)11-3-2-9(5-12)6-13-11/h2-4,6,14H,5,7,12H2,1H3. The lowest BCUT2D eigenvalue weighted by atomic mass is 10.3. The molecule has 8 heteroatoms. The minimum Gasteiger partial charge on any atom is -0.360 e. The van der Waals surface area contributed by atoms with Crippen LogP contribution in [0.3, 0.4) is 0 Å². The Kier molecular flexibility index (Phi) is 3.93. The molecular weight excluding hydrogens is 268 g/mol. The largest absolute Gasteiger partial charge is 0.360 e. The van der Waals surface area contributed by atoms with Crippen molar-refractivity contribution >= 4 is 10.0 Å². The topological polar surface area (TPSA) is 111 Å². The van der Waals surface area contributed by atoms with Crippen LogP contribution in [0.5, 0.6) is 0 Å². The zero-order valence-electron chi connectivity index (χ0n) is 10.3. The predicted octanol–water partition coefficient (Wildman–Crippen LogP) is 0.315. The first-order valence-corrected chi connectivity index (χ1v) is 7.06. The van der Waals surface area contributed by atoms with Gasteiger partial charge in [-0.3, -0.25) is 0 Å².